The molecule has 0 saturated heterocycles. The summed E-state index contributed by atoms with van der Waals surface area (Å²) in [6.07, 6.45) is 3.05. The molecule has 106 valence electrons. The summed E-state index contributed by atoms with van der Waals surface area (Å²) in [4.78, 5) is 15.9. The Labute approximate surface area is 116 Å². The first kappa shape index (κ1) is 13.8. The molecule has 0 fully saturated rings. The minimum atomic E-state index is 0.0826. The number of nitrogens with zero attached hydrogens (tertiary/aromatic N) is 4. The topological polar surface area (TPSA) is 122 Å². The molecule has 2 rings (SSSR count). The number of anilines is 2. The third-order valence-electron chi connectivity index (χ3n) is 2.57. The minimum Gasteiger partial charge on any atom is -0.467 e. The van der Waals surface area contributed by atoms with Crippen LogP contribution < -0.4 is 20.9 Å². The van der Waals surface area contributed by atoms with E-state index in [1.54, 1.807) is 6.20 Å². The zero-order valence-electron chi connectivity index (χ0n) is 11.5. The van der Waals surface area contributed by atoms with Gasteiger partial charge in [0.25, 0.3) is 0 Å². The lowest BCUT2D eigenvalue weighted by atomic mass is 10.1. The van der Waals surface area contributed by atoms with E-state index in [0.29, 0.717) is 5.88 Å². The molecule has 0 atom stereocenters. The molecule has 0 saturated carbocycles. The fourth-order valence-corrected chi connectivity index (χ4v) is 1.52. The second-order valence-electron chi connectivity index (χ2n) is 4.35. The second-order valence-corrected chi connectivity index (χ2v) is 4.35. The van der Waals surface area contributed by atoms with Crippen LogP contribution in [-0.4, -0.2) is 27.0 Å². The SMILES string of the molecule is COc1ncc(C(C)C)c(Oc2cnc(N)nc2N)n1. The van der Waals surface area contributed by atoms with Crippen LogP contribution in [0, 0.1) is 0 Å². The molecule has 8 heteroatoms. The lowest BCUT2D eigenvalue weighted by Crippen LogP contribution is -2.05. The summed E-state index contributed by atoms with van der Waals surface area (Å²) in [5.41, 5.74) is 12.0. The van der Waals surface area contributed by atoms with Gasteiger partial charge in [0.1, 0.15) is 0 Å². The number of rotatable bonds is 4. The molecule has 2 aromatic rings. The van der Waals surface area contributed by atoms with Gasteiger partial charge in [0.15, 0.2) is 11.6 Å². The number of hydrogen-bond donors (Lipinski definition) is 2. The number of methoxy groups -OCH3 is 1. The Morgan fingerprint density at radius 1 is 1.10 bits per heavy atom. The molecule has 4 N–H and O–H groups in total. The summed E-state index contributed by atoms with van der Waals surface area (Å²) in [7, 11) is 1.48. The molecular weight excluding hydrogens is 260 g/mol. The number of hydrogen-bond acceptors (Lipinski definition) is 8. The first-order valence-electron chi connectivity index (χ1n) is 5.98. The predicted octanol–water partition coefficient (Wildman–Crippen LogP) is 1.36. The number of ether oxygens (including phenoxy) is 2. The molecule has 0 radical (unpaired) electrons. The maximum absolute atomic E-state index is 5.74. The molecule has 0 amide bonds. The van der Waals surface area contributed by atoms with E-state index in [1.807, 2.05) is 13.8 Å². The summed E-state index contributed by atoms with van der Waals surface area (Å²) >= 11 is 0. The smallest absolute Gasteiger partial charge is 0.319 e. The Hall–Kier alpha value is -2.64. The maximum Gasteiger partial charge on any atom is 0.319 e. The molecule has 0 unspecified atom stereocenters. The molecule has 0 aliphatic heterocycles. The first-order chi connectivity index (χ1) is 9.51. The van der Waals surface area contributed by atoms with Crippen molar-refractivity contribution in [2.75, 3.05) is 18.6 Å². The van der Waals surface area contributed by atoms with E-state index in [1.165, 1.54) is 13.3 Å². The highest BCUT2D eigenvalue weighted by Crippen LogP contribution is 2.31. The zero-order chi connectivity index (χ0) is 14.7. The Morgan fingerprint density at radius 2 is 1.85 bits per heavy atom. The average Bonchev–Trinajstić information content (AvgIpc) is 2.41. The van der Waals surface area contributed by atoms with E-state index in [-0.39, 0.29) is 29.4 Å². The van der Waals surface area contributed by atoms with Gasteiger partial charge in [-0.1, -0.05) is 13.8 Å². The van der Waals surface area contributed by atoms with Crippen molar-refractivity contribution in [2.45, 2.75) is 19.8 Å². The fourth-order valence-electron chi connectivity index (χ4n) is 1.52. The molecular formula is C12H16N6O2. The van der Waals surface area contributed by atoms with Gasteiger partial charge in [-0.3, -0.25) is 0 Å². The number of nitrogens with two attached hydrogens (primary N) is 2. The van der Waals surface area contributed by atoms with Crippen molar-refractivity contribution in [1.29, 1.82) is 0 Å². The lowest BCUT2D eigenvalue weighted by molar-refractivity contribution is 0.363. The Kier molecular flexibility index (Phi) is 3.83. The molecule has 20 heavy (non-hydrogen) atoms. The molecule has 0 spiro atoms. The maximum atomic E-state index is 5.74. The van der Waals surface area contributed by atoms with Gasteiger partial charge in [0.2, 0.25) is 11.8 Å². The summed E-state index contributed by atoms with van der Waals surface area (Å²) in [5.74, 6) is 1.03. The molecule has 0 aliphatic rings. The monoisotopic (exact) mass is 276 g/mol. The van der Waals surface area contributed by atoms with Gasteiger partial charge in [-0.15, -0.1) is 0 Å². The third-order valence-corrected chi connectivity index (χ3v) is 2.57. The molecule has 0 aromatic carbocycles. The van der Waals surface area contributed by atoms with E-state index >= 15 is 0 Å². The minimum absolute atomic E-state index is 0.0826. The van der Waals surface area contributed by atoms with Crippen LogP contribution in [0.15, 0.2) is 12.4 Å². The van der Waals surface area contributed by atoms with Crippen LogP contribution >= 0.6 is 0 Å². The average molecular weight is 276 g/mol. The highest BCUT2D eigenvalue weighted by molar-refractivity contribution is 5.49. The highest BCUT2D eigenvalue weighted by atomic mass is 16.5. The van der Waals surface area contributed by atoms with Crippen LogP contribution in [0.25, 0.3) is 0 Å². The van der Waals surface area contributed by atoms with Crippen molar-refractivity contribution >= 4 is 11.8 Å². The van der Waals surface area contributed by atoms with Crippen LogP contribution in [-0.2, 0) is 0 Å². The Morgan fingerprint density at radius 3 is 2.45 bits per heavy atom. The van der Waals surface area contributed by atoms with Gasteiger partial charge in [-0.25, -0.2) is 9.97 Å². The van der Waals surface area contributed by atoms with Crippen LogP contribution in [0.5, 0.6) is 17.6 Å². The predicted molar refractivity (Wildman–Crippen MR) is 73.6 cm³/mol. The lowest BCUT2D eigenvalue weighted by Gasteiger charge is -2.13. The Bertz CT molecular complexity index is 617. The van der Waals surface area contributed by atoms with Gasteiger partial charge in [-0.2, -0.15) is 9.97 Å². The van der Waals surface area contributed by atoms with Crippen molar-refractivity contribution in [2.24, 2.45) is 0 Å². The van der Waals surface area contributed by atoms with Crippen molar-refractivity contribution in [3.8, 4) is 17.6 Å². The second kappa shape index (κ2) is 5.55. The molecule has 0 bridgehead atoms. The van der Waals surface area contributed by atoms with Crippen molar-refractivity contribution in [3.63, 3.8) is 0 Å². The van der Waals surface area contributed by atoms with Crippen LogP contribution in [0.3, 0.4) is 0 Å². The third kappa shape index (κ3) is 2.85. The molecule has 0 aliphatic carbocycles. The standard InChI is InChI=1S/C12H16N6O2/c1-6(2)7-4-16-12(19-3)18-10(7)20-8-5-15-11(14)17-9(8)13/h4-6H,1-3H3,(H4,13,14,15,17). The number of nitrogen functional groups attached to an aromatic ring is 2. The summed E-state index contributed by atoms with van der Waals surface area (Å²) in [5, 5.41) is 0. The largest absolute Gasteiger partial charge is 0.467 e. The summed E-state index contributed by atoms with van der Waals surface area (Å²) in [6.45, 7) is 4.00. The van der Waals surface area contributed by atoms with Gasteiger partial charge in [-0.05, 0) is 5.92 Å². The van der Waals surface area contributed by atoms with Gasteiger partial charge >= 0.3 is 6.01 Å². The van der Waals surface area contributed by atoms with Gasteiger partial charge in [0, 0.05) is 11.8 Å². The number of aromatic nitrogens is 4. The van der Waals surface area contributed by atoms with Crippen LogP contribution in [0.1, 0.15) is 25.3 Å². The molecule has 2 heterocycles. The van der Waals surface area contributed by atoms with E-state index in [2.05, 4.69) is 19.9 Å². The van der Waals surface area contributed by atoms with E-state index in [9.17, 15) is 0 Å². The molecule has 2 aromatic heterocycles. The molecule has 8 nitrogen and oxygen atoms in total. The normalized spacial score (nSPS) is 10.6. The fraction of sp³-hybridized carbons (Fsp3) is 0.333. The van der Waals surface area contributed by atoms with Crippen molar-refractivity contribution in [3.05, 3.63) is 18.0 Å². The highest BCUT2D eigenvalue weighted by Gasteiger charge is 2.15. The quantitative estimate of drug-likeness (QED) is 0.858. The van der Waals surface area contributed by atoms with Crippen LogP contribution in [0.4, 0.5) is 11.8 Å². The zero-order valence-corrected chi connectivity index (χ0v) is 11.5. The van der Waals surface area contributed by atoms with E-state index in [0.717, 1.165) is 5.56 Å². The van der Waals surface area contributed by atoms with Gasteiger partial charge < -0.3 is 20.9 Å². The summed E-state index contributed by atoms with van der Waals surface area (Å²) < 4.78 is 10.7. The van der Waals surface area contributed by atoms with Crippen molar-refractivity contribution in [1.82, 2.24) is 19.9 Å². The van der Waals surface area contributed by atoms with Crippen LogP contribution in [0.2, 0.25) is 0 Å². The first-order valence-corrected chi connectivity index (χ1v) is 5.98. The van der Waals surface area contributed by atoms with Crippen molar-refractivity contribution < 1.29 is 9.47 Å². The summed E-state index contributed by atoms with van der Waals surface area (Å²) in [6, 6.07) is 0.208. The van der Waals surface area contributed by atoms with E-state index < -0.39 is 0 Å². The Balaban J connectivity index is 2.40. The van der Waals surface area contributed by atoms with E-state index in [4.69, 9.17) is 20.9 Å². The van der Waals surface area contributed by atoms with Gasteiger partial charge in [0.05, 0.1) is 13.3 Å².